The normalized spacial score (nSPS) is 27.9. The molecule has 2 aliphatic rings. The lowest BCUT2D eigenvalue weighted by molar-refractivity contribution is -0.0669. The van der Waals surface area contributed by atoms with Crippen LogP contribution in [-0.2, 0) is 0 Å². The Morgan fingerprint density at radius 1 is 1.25 bits per heavy atom. The zero-order valence-corrected chi connectivity index (χ0v) is 18.6. The summed E-state index contributed by atoms with van der Waals surface area (Å²) in [6, 6.07) is 9.78. The number of halogens is 2. The van der Waals surface area contributed by atoms with E-state index in [9.17, 15) is 14.3 Å². The standard InChI is InChI=1S/C24H26ClFN4O2/c1-23(32)24(10-11-30(23)21-5-3-16(26)13-18(21)25)8-6-17(7-9-24)29-22(31)15-2-4-19-20(12-15)28-14-27-19/h2-5,12-14,17,32H,6-11H2,1H3,(H,27,28)(H,29,31)/t17?,23-,24?/m1/s1. The third-order valence-corrected chi connectivity index (χ3v) is 7.81. The lowest BCUT2D eigenvalue weighted by atomic mass is 9.66. The van der Waals surface area contributed by atoms with Crippen molar-refractivity contribution in [2.45, 2.75) is 50.8 Å². The second kappa shape index (κ2) is 7.74. The molecule has 1 saturated carbocycles. The van der Waals surface area contributed by atoms with Crippen LogP contribution in [0.3, 0.4) is 0 Å². The first-order valence-corrected chi connectivity index (χ1v) is 11.4. The molecule has 1 amide bonds. The molecule has 1 saturated heterocycles. The molecule has 1 aliphatic heterocycles. The van der Waals surface area contributed by atoms with E-state index in [0.717, 1.165) is 43.1 Å². The summed E-state index contributed by atoms with van der Waals surface area (Å²) in [4.78, 5) is 21.9. The van der Waals surface area contributed by atoms with Crippen molar-refractivity contribution in [3.63, 3.8) is 0 Å². The van der Waals surface area contributed by atoms with E-state index < -0.39 is 11.5 Å². The van der Waals surface area contributed by atoms with Crippen LogP contribution in [-0.4, -0.2) is 39.3 Å². The van der Waals surface area contributed by atoms with E-state index in [1.54, 1.807) is 18.5 Å². The lowest BCUT2D eigenvalue weighted by Gasteiger charge is -2.48. The number of carbonyl (C=O) groups excluding carboxylic acids is 1. The molecule has 3 N–H and O–H groups in total. The minimum Gasteiger partial charge on any atom is -0.371 e. The van der Waals surface area contributed by atoms with Gasteiger partial charge in [-0.1, -0.05) is 11.6 Å². The van der Waals surface area contributed by atoms with E-state index in [1.807, 2.05) is 24.0 Å². The number of hydrogen-bond acceptors (Lipinski definition) is 4. The molecular weight excluding hydrogens is 431 g/mol. The number of carbonyl (C=O) groups is 1. The summed E-state index contributed by atoms with van der Waals surface area (Å²) >= 11 is 6.29. The maximum atomic E-state index is 13.5. The molecule has 1 aliphatic carbocycles. The largest absolute Gasteiger partial charge is 0.371 e. The van der Waals surface area contributed by atoms with Crippen molar-refractivity contribution in [2.75, 3.05) is 11.4 Å². The van der Waals surface area contributed by atoms with Crippen LogP contribution in [0.25, 0.3) is 11.0 Å². The van der Waals surface area contributed by atoms with Crippen LogP contribution in [0.5, 0.6) is 0 Å². The number of H-pyrrole nitrogens is 1. The van der Waals surface area contributed by atoms with Crippen molar-refractivity contribution in [3.8, 4) is 0 Å². The zero-order valence-electron chi connectivity index (χ0n) is 17.9. The fraction of sp³-hybridized carbons (Fsp3) is 0.417. The first kappa shape index (κ1) is 21.2. The minimum absolute atomic E-state index is 0.0600. The third kappa shape index (κ3) is 3.44. The molecule has 1 atom stereocenters. The van der Waals surface area contributed by atoms with Gasteiger partial charge in [0.05, 0.1) is 28.1 Å². The molecule has 2 heterocycles. The molecule has 1 aromatic heterocycles. The van der Waals surface area contributed by atoms with E-state index >= 15 is 0 Å². The highest BCUT2D eigenvalue weighted by Crippen LogP contribution is 2.55. The third-order valence-electron chi connectivity index (χ3n) is 7.51. The fourth-order valence-electron chi connectivity index (χ4n) is 5.51. The summed E-state index contributed by atoms with van der Waals surface area (Å²) in [7, 11) is 0. The maximum Gasteiger partial charge on any atom is 0.251 e. The summed E-state index contributed by atoms with van der Waals surface area (Å²) < 4.78 is 13.5. The topological polar surface area (TPSA) is 81.2 Å². The summed E-state index contributed by atoms with van der Waals surface area (Å²) in [6.07, 6.45) is 5.60. The molecular formula is C24H26ClFN4O2. The van der Waals surface area contributed by atoms with Gasteiger partial charge in [0, 0.05) is 23.6 Å². The van der Waals surface area contributed by atoms with Crippen LogP contribution in [0.2, 0.25) is 5.02 Å². The Balaban J connectivity index is 1.26. The number of amides is 1. The second-order valence-electron chi connectivity index (χ2n) is 9.18. The van der Waals surface area contributed by atoms with Gasteiger partial charge in [-0.2, -0.15) is 0 Å². The number of fused-ring (bicyclic) bond motifs is 1. The molecule has 6 nitrogen and oxygen atoms in total. The molecule has 1 spiro atoms. The number of aliphatic hydroxyl groups is 1. The number of nitrogens with one attached hydrogen (secondary N) is 2. The SMILES string of the molecule is C[C@]1(O)N(c2ccc(F)cc2Cl)CCC12CCC(NC(=O)c1ccc3nc[nH]c3c1)CC2. The zero-order chi connectivity index (χ0) is 22.5. The number of imidazole rings is 1. The van der Waals surface area contributed by atoms with Crippen LogP contribution in [0.4, 0.5) is 10.1 Å². The Morgan fingerprint density at radius 3 is 2.78 bits per heavy atom. The van der Waals surface area contributed by atoms with Crippen LogP contribution in [0, 0.1) is 11.2 Å². The monoisotopic (exact) mass is 456 g/mol. The van der Waals surface area contributed by atoms with Gasteiger partial charge in [0.1, 0.15) is 11.5 Å². The van der Waals surface area contributed by atoms with Crippen LogP contribution in [0.15, 0.2) is 42.7 Å². The number of aromatic amines is 1. The van der Waals surface area contributed by atoms with E-state index in [1.165, 1.54) is 12.1 Å². The van der Waals surface area contributed by atoms with Gasteiger partial charge in [-0.3, -0.25) is 4.79 Å². The summed E-state index contributed by atoms with van der Waals surface area (Å²) in [5, 5.41) is 15.0. The molecule has 168 valence electrons. The molecule has 0 radical (unpaired) electrons. The molecule has 0 unspecified atom stereocenters. The summed E-state index contributed by atoms with van der Waals surface area (Å²) in [5.41, 5.74) is 1.53. The number of aromatic nitrogens is 2. The fourth-order valence-corrected chi connectivity index (χ4v) is 5.77. The van der Waals surface area contributed by atoms with Crippen LogP contribution in [0.1, 0.15) is 49.4 Å². The predicted molar refractivity (Wildman–Crippen MR) is 122 cm³/mol. The van der Waals surface area contributed by atoms with Gasteiger partial charge < -0.3 is 20.3 Å². The molecule has 32 heavy (non-hydrogen) atoms. The van der Waals surface area contributed by atoms with Crippen molar-refractivity contribution in [1.29, 1.82) is 0 Å². The predicted octanol–water partition coefficient (Wildman–Crippen LogP) is 4.63. The number of nitrogens with zero attached hydrogens (tertiary/aromatic N) is 2. The van der Waals surface area contributed by atoms with E-state index in [4.69, 9.17) is 11.6 Å². The lowest BCUT2D eigenvalue weighted by Crippen LogP contribution is -2.54. The molecule has 0 bridgehead atoms. The van der Waals surface area contributed by atoms with Crippen LogP contribution < -0.4 is 10.2 Å². The molecule has 2 aromatic carbocycles. The number of anilines is 1. The second-order valence-corrected chi connectivity index (χ2v) is 9.59. The summed E-state index contributed by atoms with van der Waals surface area (Å²) in [5.74, 6) is -0.490. The van der Waals surface area contributed by atoms with E-state index in [0.29, 0.717) is 22.8 Å². The molecule has 5 rings (SSSR count). The summed E-state index contributed by atoms with van der Waals surface area (Å²) in [6.45, 7) is 2.48. The van der Waals surface area contributed by atoms with Crippen LogP contribution >= 0.6 is 11.6 Å². The van der Waals surface area contributed by atoms with Crippen molar-refractivity contribution in [3.05, 3.63) is 59.1 Å². The first-order chi connectivity index (χ1) is 15.3. The first-order valence-electron chi connectivity index (χ1n) is 11.0. The maximum absolute atomic E-state index is 13.5. The van der Waals surface area contributed by atoms with Gasteiger partial charge in [0.15, 0.2) is 0 Å². The Kier molecular flexibility index (Phi) is 5.13. The average molecular weight is 457 g/mol. The van der Waals surface area contributed by atoms with Gasteiger partial charge >= 0.3 is 0 Å². The van der Waals surface area contributed by atoms with E-state index in [-0.39, 0.29) is 17.4 Å². The van der Waals surface area contributed by atoms with Gasteiger partial charge in [0.2, 0.25) is 0 Å². The quantitative estimate of drug-likeness (QED) is 0.536. The number of hydrogen-bond donors (Lipinski definition) is 3. The smallest absolute Gasteiger partial charge is 0.251 e. The highest BCUT2D eigenvalue weighted by molar-refractivity contribution is 6.33. The van der Waals surface area contributed by atoms with E-state index in [2.05, 4.69) is 15.3 Å². The Hall–Kier alpha value is -2.64. The van der Waals surface area contributed by atoms with Gasteiger partial charge in [-0.25, -0.2) is 9.37 Å². The van der Waals surface area contributed by atoms with Gasteiger partial charge in [-0.15, -0.1) is 0 Å². The average Bonchev–Trinajstić information content (AvgIpc) is 3.32. The van der Waals surface area contributed by atoms with Gasteiger partial charge in [-0.05, 0) is 75.4 Å². The van der Waals surface area contributed by atoms with Gasteiger partial charge in [0.25, 0.3) is 5.91 Å². The van der Waals surface area contributed by atoms with Crippen molar-refractivity contribution in [1.82, 2.24) is 15.3 Å². The highest BCUT2D eigenvalue weighted by Gasteiger charge is 2.56. The van der Waals surface area contributed by atoms with Crippen molar-refractivity contribution >= 4 is 34.2 Å². The van der Waals surface area contributed by atoms with Crippen molar-refractivity contribution in [2.24, 2.45) is 5.41 Å². The molecule has 8 heteroatoms. The highest BCUT2D eigenvalue weighted by atomic mass is 35.5. The molecule has 3 aromatic rings. The minimum atomic E-state index is -1.10. The van der Waals surface area contributed by atoms with Crippen molar-refractivity contribution < 1.29 is 14.3 Å². The number of benzene rings is 2. The Labute approximate surface area is 190 Å². The number of rotatable bonds is 3. The Bertz CT molecular complexity index is 1170. The Morgan fingerprint density at radius 2 is 2.03 bits per heavy atom. The molecule has 2 fully saturated rings.